The number of fused-ring (bicyclic) bond motifs is 1. The maximum absolute atomic E-state index is 6.32. The van der Waals surface area contributed by atoms with Crippen LogP contribution in [-0.2, 0) is 17.8 Å². The number of hydrogen-bond donors (Lipinski definition) is 1. The standard InChI is InChI=1S/C23H19ClN4O2/c24-19-8-9-21(30-12-15-4-2-1-3-5-15)18(11-19)10-16-6-7-17-13-29-14-20(22(16)17)23-25-27-28-26-23/h1-5,8-9,11,13-14H,6-7,10,12H2,(H,25,26,27,28). The largest absolute Gasteiger partial charge is 0.489 e. The molecule has 0 fully saturated rings. The van der Waals surface area contributed by atoms with Gasteiger partial charge in [-0.25, -0.2) is 0 Å². The van der Waals surface area contributed by atoms with Crippen LogP contribution in [0.2, 0.25) is 5.02 Å². The summed E-state index contributed by atoms with van der Waals surface area (Å²) in [5, 5.41) is 15.2. The summed E-state index contributed by atoms with van der Waals surface area (Å²) in [7, 11) is 0. The van der Waals surface area contributed by atoms with Crippen molar-refractivity contribution in [2.45, 2.75) is 25.9 Å². The number of aromatic nitrogens is 4. The molecule has 0 saturated heterocycles. The monoisotopic (exact) mass is 418 g/mol. The summed E-state index contributed by atoms with van der Waals surface area (Å²) < 4.78 is 11.7. The number of aromatic amines is 1. The lowest BCUT2D eigenvalue weighted by atomic mass is 9.94. The van der Waals surface area contributed by atoms with Crippen LogP contribution < -0.4 is 4.74 Å². The maximum atomic E-state index is 6.32. The predicted molar refractivity (Wildman–Crippen MR) is 114 cm³/mol. The quantitative estimate of drug-likeness (QED) is 0.608. The molecule has 2 heterocycles. The van der Waals surface area contributed by atoms with Crippen molar-refractivity contribution in [3.05, 3.63) is 99.7 Å². The van der Waals surface area contributed by atoms with Gasteiger partial charge in [-0.1, -0.05) is 47.5 Å². The molecule has 0 amide bonds. The van der Waals surface area contributed by atoms with Gasteiger partial charge in [0.05, 0.1) is 11.8 Å². The zero-order chi connectivity index (χ0) is 20.3. The molecule has 1 aromatic heterocycles. The molecule has 0 atom stereocenters. The summed E-state index contributed by atoms with van der Waals surface area (Å²) in [4.78, 5) is 0. The molecular formula is C23H19ClN4O2. The molecule has 1 N–H and O–H groups in total. The zero-order valence-corrected chi connectivity index (χ0v) is 16.9. The van der Waals surface area contributed by atoms with Crippen molar-refractivity contribution in [1.29, 1.82) is 0 Å². The van der Waals surface area contributed by atoms with E-state index in [0.717, 1.165) is 52.9 Å². The van der Waals surface area contributed by atoms with E-state index in [1.165, 1.54) is 5.57 Å². The molecule has 0 radical (unpaired) electrons. The van der Waals surface area contributed by atoms with Gasteiger partial charge in [-0.05, 0) is 64.9 Å². The van der Waals surface area contributed by atoms with Gasteiger partial charge in [-0.2, -0.15) is 5.21 Å². The van der Waals surface area contributed by atoms with E-state index in [-0.39, 0.29) is 0 Å². The minimum absolute atomic E-state index is 0.508. The van der Waals surface area contributed by atoms with Gasteiger partial charge in [-0.15, -0.1) is 10.2 Å². The maximum Gasteiger partial charge on any atom is 0.208 e. The molecule has 0 bridgehead atoms. The highest BCUT2D eigenvalue weighted by atomic mass is 35.5. The second-order valence-electron chi connectivity index (χ2n) is 7.23. The fourth-order valence-corrected chi connectivity index (χ4v) is 4.09. The first-order chi connectivity index (χ1) is 14.8. The van der Waals surface area contributed by atoms with Crippen molar-refractivity contribution in [3.63, 3.8) is 0 Å². The number of nitrogens with one attached hydrogen (secondary N) is 1. The second kappa shape index (κ2) is 8.16. The van der Waals surface area contributed by atoms with Gasteiger partial charge in [0.25, 0.3) is 0 Å². The summed E-state index contributed by atoms with van der Waals surface area (Å²) in [5.41, 5.74) is 6.60. The molecule has 6 nitrogen and oxygen atoms in total. The molecule has 30 heavy (non-hydrogen) atoms. The van der Waals surface area contributed by atoms with E-state index in [4.69, 9.17) is 21.1 Å². The summed E-state index contributed by atoms with van der Waals surface area (Å²) in [6, 6.07) is 15.9. The summed E-state index contributed by atoms with van der Waals surface area (Å²) in [5.74, 6) is 1.37. The van der Waals surface area contributed by atoms with Gasteiger partial charge in [-0.3, -0.25) is 0 Å². The van der Waals surface area contributed by atoms with Crippen molar-refractivity contribution in [1.82, 2.24) is 20.6 Å². The molecule has 1 aliphatic heterocycles. The molecular weight excluding hydrogens is 400 g/mol. The number of H-pyrrole nitrogens is 1. The number of tetrazole rings is 1. The van der Waals surface area contributed by atoms with Crippen molar-refractivity contribution in [2.24, 2.45) is 0 Å². The van der Waals surface area contributed by atoms with Crippen LogP contribution in [0.4, 0.5) is 0 Å². The molecule has 2 aliphatic rings. The highest BCUT2D eigenvalue weighted by Gasteiger charge is 2.29. The lowest BCUT2D eigenvalue weighted by Gasteiger charge is -2.16. The summed E-state index contributed by atoms with van der Waals surface area (Å²) in [6.07, 6.45) is 6.06. The Morgan fingerprint density at radius 2 is 1.97 bits per heavy atom. The highest BCUT2D eigenvalue weighted by Crippen LogP contribution is 2.43. The molecule has 2 aromatic carbocycles. The van der Waals surface area contributed by atoms with E-state index in [2.05, 4.69) is 32.8 Å². The zero-order valence-electron chi connectivity index (χ0n) is 16.1. The predicted octanol–water partition coefficient (Wildman–Crippen LogP) is 5.02. The number of rotatable bonds is 6. The highest BCUT2D eigenvalue weighted by molar-refractivity contribution is 6.30. The Hall–Kier alpha value is -3.38. The second-order valence-corrected chi connectivity index (χ2v) is 7.66. The van der Waals surface area contributed by atoms with Gasteiger partial charge in [0.15, 0.2) is 0 Å². The lowest BCUT2D eigenvalue weighted by Crippen LogP contribution is -2.03. The number of ether oxygens (including phenoxy) is 2. The Bertz CT molecular complexity index is 1150. The van der Waals surface area contributed by atoms with Crippen LogP contribution in [0.1, 0.15) is 29.8 Å². The number of benzene rings is 2. The van der Waals surface area contributed by atoms with E-state index in [0.29, 0.717) is 17.5 Å². The fourth-order valence-electron chi connectivity index (χ4n) is 3.90. The lowest BCUT2D eigenvalue weighted by molar-refractivity contribution is 0.303. The van der Waals surface area contributed by atoms with Crippen molar-refractivity contribution < 1.29 is 9.47 Å². The smallest absolute Gasteiger partial charge is 0.208 e. The van der Waals surface area contributed by atoms with Crippen LogP contribution in [0.15, 0.2) is 77.8 Å². The van der Waals surface area contributed by atoms with Crippen LogP contribution in [0, 0.1) is 0 Å². The molecule has 0 saturated carbocycles. The van der Waals surface area contributed by atoms with Crippen LogP contribution >= 0.6 is 11.6 Å². The van der Waals surface area contributed by atoms with Gasteiger partial charge >= 0.3 is 0 Å². The van der Waals surface area contributed by atoms with E-state index < -0.39 is 0 Å². The van der Waals surface area contributed by atoms with E-state index in [1.54, 1.807) is 12.5 Å². The molecule has 0 spiro atoms. The number of nitrogens with zero attached hydrogens (tertiary/aromatic N) is 3. The Morgan fingerprint density at radius 1 is 1.07 bits per heavy atom. The van der Waals surface area contributed by atoms with E-state index in [1.807, 2.05) is 36.4 Å². The van der Waals surface area contributed by atoms with E-state index >= 15 is 0 Å². The topological polar surface area (TPSA) is 72.9 Å². The third kappa shape index (κ3) is 3.74. The van der Waals surface area contributed by atoms with Crippen LogP contribution in [0.5, 0.6) is 5.75 Å². The Morgan fingerprint density at radius 3 is 2.80 bits per heavy atom. The first-order valence-corrected chi connectivity index (χ1v) is 10.1. The molecule has 1 aliphatic carbocycles. The molecule has 7 heteroatoms. The molecule has 0 unspecified atom stereocenters. The Balaban J connectivity index is 1.45. The van der Waals surface area contributed by atoms with Gasteiger partial charge in [0.1, 0.15) is 18.6 Å². The summed E-state index contributed by atoms with van der Waals surface area (Å²) in [6.45, 7) is 0.508. The molecule has 5 rings (SSSR count). The Labute approximate surface area is 178 Å². The molecule has 150 valence electrons. The van der Waals surface area contributed by atoms with Gasteiger partial charge < -0.3 is 9.47 Å². The third-order valence-corrected chi connectivity index (χ3v) is 5.52. The average Bonchev–Trinajstić information content (AvgIpc) is 3.45. The van der Waals surface area contributed by atoms with Crippen molar-refractivity contribution >= 4 is 17.2 Å². The van der Waals surface area contributed by atoms with Gasteiger partial charge in [0, 0.05) is 5.02 Å². The average molecular weight is 419 g/mol. The normalized spacial score (nSPS) is 15.4. The minimum Gasteiger partial charge on any atom is -0.489 e. The fraction of sp³-hybridized carbons (Fsp3) is 0.174. The number of allylic oxidation sites excluding steroid dienone is 4. The third-order valence-electron chi connectivity index (χ3n) is 5.29. The van der Waals surface area contributed by atoms with Gasteiger partial charge in [0.2, 0.25) is 5.82 Å². The first kappa shape index (κ1) is 18.6. The minimum atomic E-state index is 0.508. The number of hydrogen-bond acceptors (Lipinski definition) is 5. The SMILES string of the molecule is Clc1ccc(OCc2ccccc2)c(CC2=C3C(=COC=C3c3nn[nH]n3)CC2)c1. The number of halogens is 1. The van der Waals surface area contributed by atoms with Crippen LogP contribution in [0.3, 0.4) is 0 Å². The van der Waals surface area contributed by atoms with Crippen LogP contribution in [0.25, 0.3) is 5.57 Å². The Kier molecular flexibility index (Phi) is 5.07. The van der Waals surface area contributed by atoms with Crippen molar-refractivity contribution in [3.8, 4) is 5.75 Å². The van der Waals surface area contributed by atoms with Crippen molar-refractivity contribution in [2.75, 3.05) is 0 Å². The van der Waals surface area contributed by atoms with E-state index in [9.17, 15) is 0 Å². The summed E-state index contributed by atoms with van der Waals surface area (Å²) >= 11 is 6.32. The van der Waals surface area contributed by atoms with Crippen LogP contribution in [-0.4, -0.2) is 20.6 Å². The molecule has 3 aromatic rings. The first-order valence-electron chi connectivity index (χ1n) is 9.74.